The van der Waals surface area contributed by atoms with E-state index in [0.29, 0.717) is 27.9 Å². The van der Waals surface area contributed by atoms with E-state index in [-0.39, 0.29) is 16.5 Å². The fraction of sp³-hybridized carbons (Fsp3) is 0.333. The third-order valence-corrected chi connectivity index (χ3v) is 5.64. The number of aromatic nitrogens is 2. The van der Waals surface area contributed by atoms with Crippen molar-refractivity contribution in [2.45, 2.75) is 60.2 Å². The first kappa shape index (κ1) is 18.4. The molecule has 0 aliphatic heterocycles. The third kappa shape index (κ3) is 5.26. The van der Waals surface area contributed by atoms with Gasteiger partial charge in [-0.1, -0.05) is 83.5 Å². The van der Waals surface area contributed by atoms with Gasteiger partial charge in [0.05, 0.1) is 5.69 Å². The summed E-state index contributed by atoms with van der Waals surface area (Å²) in [4.78, 5) is 9.25. The van der Waals surface area contributed by atoms with Crippen molar-refractivity contribution < 1.29 is 11.3 Å². The van der Waals surface area contributed by atoms with E-state index in [1.165, 1.54) is 6.20 Å². The van der Waals surface area contributed by atoms with Crippen LogP contribution in [0.1, 0.15) is 65.4 Å². The van der Waals surface area contributed by atoms with Crippen LogP contribution in [0, 0.1) is 12.3 Å². The molecule has 3 nitrogen and oxygen atoms in total. The summed E-state index contributed by atoms with van der Waals surface area (Å²) < 4.78 is 47.6. The summed E-state index contributed by atoms with van der Waals surface area (Å²) >= 11 is 6.58. The molecule has 2 aromatic heterocycles. The molecule has 0 bridgehead atoms. The molecule has 4 heteroatoms. The molecular formula is C30H33ClN2O. The van der Waals surface area contributed by atoms with Gasteiger partial charge in [0.15, 0.2) is 5.89 Å². The number of halogens is 1. The molecule has 0 spiro atoms. The van der Waals surface area contributed by atoms with Gasteiger partial charge in [0, 0.05) is 40.2 Å². The molecule has 0 atom stereocenters. The first-order chi connectivity index (χ1) is 17.9. The summed E-state index contributed by atoms with van der Waals surface area (Å²) in [5.74, 6) is 0.592. The van der Waals surface area contributed by atoms with E-state index in [0.717, 1.165) is 16.7 Å². The van der Waals surface area contributed by atoms with E-state index < -0.39 is 18.6 Å². The number of rotatable bonds is 4. The largest absolute Gasteiger partial charge is 0.448 e. The predicted molar refractivity (Wildman–Crippen MR) is 142 cm³/mol. The highest BCUT2D eigenvalue weighted by Crippen LogP contribution is 2.39. The van der Waals surface area contributed by atoms with Crippen LogP contribution in [0.5, 0.6) is 0 Å². The van der Waals surface area contributed by atoms with Crippen molar-refractivity contribution in [3.63, 3.8) is 0 Å². The van der Waals surface area contributed by atoms with Crippen LogP contribution in [0.3, 0.4) is 0 Å². The topological polar surface area (TPSA) is 38.9 Å². The molecule has 0 amide bonds. The lowest BCUT2D eigenvalue weighted by Crippen LogP contribution is -2.11. The van der Waals surface area contributed by atoms with Gasteiger partial charge in [-0.3, -0.25) is 4.98 Å². The summed E-state index contributed by atoms with van der Waals surface area (Å²) in [6.45, 7) is 8.82. The standard InChI is InChI=1S/C30H33ClN2O/c1-19-17-32-26(15-21(19)16-29(2,3)4)20-12-13-22(23-10-8-9-11-25(23)31)24(14-20)27-18-34-28(33-27)30(5,6)7/h8-15,17-18H,16H2,1-7H3/i1D3,16D2. The van der Waals surface area contributed by atoms with Gasteiger partial charge in [0.2, 0.25) is 0 Å². The second kappa shape index (κ2) is 9.03. The Balaban J connectivity index is 1.96. The zero-order valence-electron chi connectivity index (χ0n) is 25.5. The minimum atomic E-state index is -2.51. The summed E-state index contributed by atoms with van der Waals surface area (Å²) in [5.41, 5.74) is 3.08. The highest BCUT2D eigenvalue weighted by atomic mass is 35.5. The molecule has 0 saturated heterocycles. The highest BCUT2D eigenvalue weighted by molar-refractivity contribution is 6.33. The Hall–Kier alpha value is -2.91. The summed E-state index contributed by atoms with van der Waals surface area (Å²) in [7, 11) is 0. The maximum atomic E-state index is 8.86. The fourth-order valence-electron chi connectivity index (χ4n) is 3.69. The lowest BCUT2D eigenvalue weighted by atomic mass is 9.86. The SMILES string of the molecule is [2H]C([2H])([2H])c1cnc(-c2ccc(-c3ccccc3Cl)c(-c3coc(C(C)(C)C)n3)c2)cc1C([2H])([2H])C(C)(C)C. The van der Waals surface area contributed by atoms with Gasteiger partial charge in [-0.05, 0) is 53.5 Å². The van der Waals surface area contributed by atoms with Crippen molar-refractivity contribution in [3.05, 3.63) is 83.0 Å². The van der Waals surface area contributed by atoms with Crippen LogP contribution in [-0.4, -0.2) is 9.97 Å². The number of oxazole rings is 1. The van der Waals surface area contributed by atoms with Gasteiger partial charge < -0.3 is 4.42 Å². The smallest absolute Gasteiger partial charge is 0.199 e. The minimum absolute atomic E-state index is 0.0922. The Kier molecular flexibility index (Phi) is 4.89. The van der Waals surface area contributed by atoms with E-state index in [1.54, 1.807) is 33.1 Å². The van der Waals surface area contributed by atoms with E-state index >= 15 is 0 Å². The fourth-order valence-corrected chi connectivity index (χ4v) is 3.93. The molecule has 0 saturated carbocycles. The number of nitrogens with zero attached hydrogens (tertiary/aromatic N) is 2. The number of hydrogen-bond donors (Lipinski definition) is 0. The molecule has 0 radical (unpaired) electrons. The summed E-state index contributed by atoms with van der Waals surface area (Å²) in [6, 6.07) is 14.8. The molecule has 2 aromatic carbocycles. The van der Waals surface area contributed by atoms with Gasteiger partial charge in [0.1, 0.15) is 12.0 Å². The quantitative estimate of drug-likeness (QED) is 0.294. The maximum Gasteiger partial charge on any atom is 0.199 e. The lowest BCUT2D eigenvalue weighted by Gasteiger charge is -2.20. The molecule has 0 fully saturated rings. The summed E-state index contributed by atoms with van der Waals surface area (Å²) in [5, 5.41) is 0.590. The van der Waals surface area contributed by atoms with Crippen molar-refractivity contribution in [1.82, 2.24) is 9.97 Å². The molecular weight excluding hydrogens is 440 g/mol. The Bertz CT molecular complexity index is 1510. The van der Waals surface area contributed by atoms with E-state index in [4.69, 9.17) is 27.9 Å². The molecule has 176 valence electrons. The van der Waals surface area contributed by atoms with Crippen LogP contribution in [-0.2, 0) is 11.8 Å². The molecule has 34 heavy (non-hydrogen) atoms. The Morgan fingerprint density at radius 2 is 1.71 bits per heavy atom. The zero-order valence-corrected chi connectivity index (χ0v) is 21.2. The van der Waals surface area contributed by atoms with Crippen LogP contribution >= 0.6 is 11.6 Å². The van der Waals surface area contributed by atoms with Crippen LogP contribution in [0.25, 0.3) is 33.6 Å². The molecule has 4 rings (SSSR count). The minimum Gasteiger partial charge on any atom is -0.448 e. The van der Waals surface area contributed by atoms with E-state index in [1.807, 2.05) is 63.2 Å². The van der Waals surface area contributed by atoms with Crippen molar-refractivity contribution in [2.75, 3.05) is 0 Å². The van der Waals surface area contributed by atoms with Gasteiger partial charge in [0.25, 0.3) is 0 Å². The molecule has 0 unspecified atom stereocenters. The summed E-state index contributed by atoms with van der Waals surface area (Å²) in [6.07, 6.45) is 0.966. The van der Waals surface area contributed by atoms with Gasteiger partial charge in [-0.2, -0.15) is 0 Å². The molecule has 0 aliphatic carbocycles. The average molecular weight is 478 g/mol. The maximum absolute atomic E-state index is 8.86. The van der Waals surface area contributed by atoms with Gasteiger partial charge in [-0.25, -0.2) is 4.98 Å². The monoisotopic (exact) mass is 477 g/mol. The van der Waals surface area contributed by atoms with E-state index in [2.05, 4.69) is 4.98 Å². The predicted octanol–water partition coefficient (Wildman–Crippen LogP) is 8.92. The number of pyridine rings is 1. The first-order valence-electron chi connectivity index (χ1n) is 13.8. The molecule has 4 aromatic rings. The van der Waals surface area contributed by atoms with Gasteiger partial charge in [-0.15, -0.1) is 0 Å². The Labute approximate surface area is 215 Å². The van der Waals surface area contributed by atoms with Crippen molar-refractivity contribution in [1.29, 1.82) is 0 Å². The van der Waals surface area contributed by atoms with Crippen LogP contribution < -0.4 is 0 Å². The lowest BCUT2D eigenvalue weighted by molar-refractivity contribution is 0.392. The second-order valence-corrected chi connectivity index (χ2v) is 10.9. The molecule has 0 aliphatic rings. The van der Waals surface area contributed by atoms with E-state index in [9.17, 15) is 0 Å². The second-order valence-electron chi connectivity index (χ2n) is 10.5. The Morgan fingerprint density at radius 1 is 0.941 bits per heavy atom. The van der Waals surface area contributed by atoms with Crippen molar-refractivity contribution >= 4 is 11.6 Å². The highest BCUT2D eigenvalue weighted by Gasteiger charge is 2.23. The van der Waals surface area contributed by atoms with Crippen LogP contribution in [0.15, 0.2) is 65.4 Å². The van der Waals surface area contributed by atoms with Crippen molar-refractivity contribution in [2.24, 2.45) is 5.41 Å². The normalized spacial score (nSPS) is 15.2. The zero-order chi connectivity index (χ0) is 29.0. The van der Waals surface area contributed by atoms with Crippen LogP contribution in [0.4, 0.5) is 0 Å². The number of benzene rings is 2. The Morgan fingerprint density at radius 3 is 2.35 bits per heavy atom. The van der Waals surface area contributed by atoms with Crippen molar-refractivity contribution in [3.8, 4) is 33.6 Å². The third-order valence-electron chi connectivity index (χ3n) is 5.31. The average Bonchev–Trinajstić information content (AvgIpc) is 3.33. The molecule has 0 N–H and O–H groups in total. The molecule has 2 heterocycles. The number of hydrogen-bond acceptors (Lipinski definition) is 3. The number of aryl methyl sites for hydroxylation is 1. The van der Waals surface area contributed by atoms with Gasteiger partial charge >= 0.3 is 0 Å². The first-order valence-corrected chi connectivity index (χ1v) is 11.7. The van der Waals surface area contributed by atoms with Crippen LogP contribution in [0.2, 0.25) is 5.02 Å².